The molecule has 0 aliphatic heterocycles. The van der Waals surface area contributed by atoms with Crippen molar-refractivity contribution in [1.82, 2.24) is 5.16 Å². The Labute approximate surface area is 135 Å². The number of carboxylic acids is 1. The summed E-state index contributed by atoms with van der Waals surface area (Å²) in [6, 6.07) is 5.67. The SMILES string of the molecule is [B]c1ccc(Nc2c(C(=O)O)cc3c(N)noc3c2F)c(Cl)c1. The van der Waals surface area contributed by atoms with E-state index in [9.17, 15) is 14.3 Å². The summed E-state index contributed by atoms with van der Waals surface area (Å²) in [6.07, 6.45) is 0. The van der Waals surface area contributed by atoms with Gasteiger partial charge in [-0.25, -0.2) is 9.18 Å². The minimum absolute atomic E-state index is 0.0776. The highest BCUT2D eigenvalue weighted by molar-refractivity contribution is 6.37. The van der Waals surface area contributed by atoms with E-state index in [-0.39, 0.29) is 38.7 Å². The highest BCUT2D eigenvalue weighted by Crippen LogP contribution is 2.35. The number of aromatic nitrogens is 1. The van der Waals surface area contributed by atoms with Crippen LogP contribution in [-0.2, 0) is 0 Å². The summed E-state index contributed by atoms with van der Waals surface area (Å²) >= 11 is 6.02. The maximum Gasteiger partial charge on any atom is 0.337 e. The molecular weight excluding hydrogens is 323 g/mol. The number of rotatable bonds is 3. The van der Waals surface area contributed by atoms with Crippen molar-refractivity contribution in [3.8, 4) is 0 Å². The molecule has 2 radical (unpaired) electrons. The van der Waals surface area contributed by atoms with Crippen LogP contribution in [0, 0.1) is 5.82 Å². The van der Waals surface area contributed by atoms with Crippen molar-refractivity contribution in [2.45, 2.75) is 0 Å². The highest BCUT2D eigenvalue weighted by Gasteiger charge is 2.23. The molecule has 0 spiro atoms. The number of nitrogens with zero attached hydrogens (tertiary/aromatic N) is 1. The molecule has 0 saturated carbocycles. The van der Waals surface area contributed by atoms with Gasteiger partial charge in [0.05, 0.1) is 27.3 Å². The largest absolute Gasteiger partial charge is 0.478 e. The van der Waals surface area contributed by atoms with Crippen LogP contribution in [0.2, 0.25) is 5.02 Å². The fourth-order valence-corrected chi connectivity index (χ4v) is 2.35. The molecule has 0 saturated heterocycles. The van der Waals surface area contributed by atoms with E-state index in [1.165, 1.54) is 24.3 Å². The zero-order chi connectivity index (χ0) is 16.7. The quantitative estimate of drug-likeness (QED) is 0.637. The maximum absolute atomic E-state index is 14.6. The van der Waals surface area contributed by atoms with E-state index in [1.807, 2.05) is 0 Å². The number of nitrogens with two attached hydrogens (primary N) is 1. The summed E-state index contributed by atoms with van der Waals surface area (Å²) in [6.45, 7) is 0. The monoisotopic (exact) mass is 331 g/mol. The molecule has 0 atom stereocenters. The Morgan fingerprint density at radius 2 is 2.17 bits per heavy atom. The van der Waals surface area contributed by atoms with Crippen LogP contribution in [0.15, 0.2) is 28.8 Å². The van der Waals surface area contributed by atoms with Crippen molar-refractivity contribution < 1.29 is 18.8 Å². The van der Waals surface area contributed by atoms with Crippen molar-refractivity contribution in [2.24, 2.45) is 0 Å². The van der Waals surface area contributed by atoms with Crippen LogP contribution in [0.1, 0.15) is 10.4 Å². The summed E-state index contributed by atoms with van der Waals surface area (Å²) in [5.74, 6) is -2.38. The van der Waals surface area contributed by atoms with Gasteiger partial charge in [0.25, 0.3) is 0 Å². The van der Waals surface area contributed by atoms with E-state index in [1.54, 1.807) is 0 Å². The second kappa shape index (κ2) is 5.47. The first-order chi connectivity index (χ1) is 10.9. The number of anilines is 3. The van der Waals surface area contributed by atoms with Gasteiger partial charge in [0.15, 0.2) is 11.6 Å². The Morgan fingerprint density at radius 3 is 2.83 bits per heavy atom. The van der Waals surface area contributed by atoms with E-state index in [0.29, 0.717) is 5.46 Å². The van der Waals surface area contributed by atoms with Gasteiger partial charge in [0.2, 0.25) is 5.58 Å². The van der Waals surface area contributed by atoms with Crippen LogP contribution in [-0.4, -0.2) is 24.1 Å². The maximum atomic E-state index is 14.6. The molecule has 1 heterocycles. The second-order valence-electron chi connectivity index (χ2n) is 4.73. The molecule has 1 aromatic heterocycles. The Morgan fingerprint density at radius 1 is 1.43 bits per heavy atom. The van der Waals surface area contributed by atoms with Gasteiger partial charge in [-0.2, -0.15) is 0 Å². The van der Waals surface area contributed by atoms with Crippen molar-refractivity contribution in [2.75, 3.05) is 11.1 Å². The summed E-state index contributed by atoms with van der Waals surface area (Å²) in [5.41, 5.74) is 5.34. The molecule has 9 heteroatoms. The standard InChI is InChI=1S/C14H8BClFN3O3/c15-5-1-2-9(8(16)3-5)19-11-6(14(21)22)4-7-12(10(11)17)23-20-13(7)18/h1-4,19H,(H2,18,20)(H,21,22). The number of carboxylic acid groups (broad SMARTS) is 1. The number of halogens is 2. The zero-order valence-corrected chi connectivity index (χ0v) is 12.2. The molecule has 6 nitrogen and oxygen atoms in total. The molecule has 0 bridgehead atoms. The predicted molar refractivity (Wildman–Crippen MR) is 85.5 cm³/mol. The van der Waals surface area contributed by atoms with Crippen LogP contribution in [0.25, 0.3) is 11.0 Å². The van der Waals surface area contributed by atoms with Crippen molar-refractivity contribution in [3.05, 3.63) is 40.7 Å². The molecule has 0 aliphatic rings. The average Bonchev–Trinajstić information content (AvgIpc) is 2.85. The summed E-state index contributed by atoms with van der Waals surface area (Å²) in [5, 5.41) is 15.7. The Kier molecular flexibility index (Phi) is 3.61. The zero-order valence-electron chi connectivity index (χ0n) is 11.4. The van der Waals surface area contributed by atoms with Crippen molar-refractivity contribution in [1.29, 1.82) is 0 Å². The van der Waals surface area contributed by atoms with Gasteiger partial charge in [0, 0.05) is 0 Å². The molecule has 23 heavy (non-hydrogen) atoms. The minimum Gasteiger partial charge on any atom is -0.478 e. The van der Waals surface area contributed by atoms with E-state index in [4.69, 9.17) is 29.7 Å². The number of nitrogen functional groups attached to an aromatic ring is 1. The van der Waals surface area contributed by atoms with Gasteiger partial charge in [-0.15, -0.1) is 0 Å². The molecule has 0 aliphatic carbocycles. The molecule has 114 valence electrons. The summed E-state index contributed by atoms with van der Waals surface area (Å²) < 4.78 is 19.4. The summed E-state index contributed by atoms with van der Waals surface area (Å²) in [7, 11) is 5.59. The lowest BCUT2D eigenvalue weighted by Gasteiger charge is -2.12. The number of benzene rings is 2. The third-order valence-electron chi connectivity index (χ3n) is 3.22. The van der Waals surface area contributed by atoms with Crippen LogP contribution in [0.4, 0.5) is 21.6 Å². The molecule has 4 N–H and O–H groups in total. The topological polar surface area (TPSA) is 101 Å². The summed E-state index contributed by atoms with van der Waals surface area (Å²) in [4.78, 5) is 11.4. The Hall–Kier alpha value is -2.74. The second-order valence-corrected chi connectivity index (χ2v) is 5.13. The first-order valence-electron chi connectivity index (χ1n) is 6.31. The Balaban J connectivity index is 2.21. The molecule has 3 rings (SSSR count). The van der Waals surface area contributed by atoms with Gasteiger partial charge in [-0.1, -0.05) is 28.3 Å². The molecule has 2 aromatic carbocycles. The molecule has 0 fully saturated rings. The van der Waals surface area contributed by atoms with Crippen LogP contribution >= 0.6 is 11.6 Å². The minimum atomic E-state index is -1.35. The van der Waals surface area contributed by atoms with E-state index in [2.05, 4.69) is 10.5 Å². The number of hydrogen-bond donors (Lipinski definition) is 3. The number of hydrogen-bond acceptors (Lipinski definition) is 5. The van der Waals surface area contributed by atoms with Crippen molar-refractivity contribution in [3.63, 3.8) is 0 Å². The van der Waals surface area contributed by atoms with Gasteiger partial charge < -0.3 is 20.7 Å². The first kappa shape index (κ1) is 15.2. The number of nitrogens with one attached hydrogen (secondary N) is 1. The fourth-order valence-electron chi connectivity index (χ4n) is 2.11. The lowest BCUT2D eigenvalue weighted by Crippen LogP contribution is -2.07. The smallest absolute Gasteiger partial charge is 0.337 e. The van der Waals surface area contributed by atoms with Crippen LogP contribution < -0.4 is 16.5 Å². The lowest BCUT2D eigenvalue weighted by molar-refractivity contribution is 0.0697. The average molecular weight is 331 g/mol. The van der Waals surface area contributed by atoms with Gasteiger partial charge in [-0.05, 0) is 18.2 Å². The predicted octanol–water partition coefficient (Wildman–Crippen LogP) is 2.44. The van der Waals surface area contributed by atoms with E-state index >= 15 is 0 Å². The van der Waals surface area contributed by atoms with Gasteiger partial charge in [-0.3, -0.25) is 0 Å². The normalized spacial score (nSPS) is 10.9. The highest BCUT2D eigenvalue weighted by atomic mass is 35.5. The fraction of sp³-hybridized carbons (Fsp3) is 0. The van der Waals surface area contributed by atoms with Gasteiger partial charge >= 0.3 is 5.97 Å². The van der Waals surface area contributed by atoms with E-state index < -0.39 is 11.8 Å². The first-order valence-corrected chi connectivity index (χ1v) is 6.69. The molecule has 3 aromatic rings. The number of fused-ring (bicyclic) bond motifs is 1. The third kappa shape index (κ3) is 2.57. The lowest BCUT2D eigenvalue weighted by atomic mass is 9.96. The van der Waals surface area contributed by atoms with Gasteiger partial charge in [0.1, 0.15) is 7.85 Å². The van der Waals surface area contributed by atoms with Crippen LogP contribution in [0.3, 0.4) is 0 Å². The number of aromatic carboxylic acids is 1. The molecule has 0 amide bonds. The van der Waals surface area contributed by atoms with E-state index in [0.717, 1.165) is 0 Å². The van der Waals surface area contributed by atoms with Crippen LogP contribution in [0.5, 0.6) is 0 Å². The molecular formula is C14H8BClFN3O3. The third-order valence-corrected chi connectivity index (χ3v) is 3.53. The number of carbonyl (C=O) groups is 1. The van der Waals surface area contributed by atoms with Crippen molar-refractivity contribution >= 4 is 59.0 Å². The molecule has 0 unspecified atom stereocenters. The Bertz CT molecular complexity index is 945.